The Morgan fingerprint density at radius 1 is 1.71 bits per heavy atom. The zero-order valence-corrected chi connectivity index (χ0v) is 9.99. The first kappa shape index (κ1) is 11.2. The Labute approximate surface area is 92.0 Å². The summed E-state index contributed by atoms with van der Waals surface area (Å²) in [5.41, 5.74) is 0.643. The summed E-state index contributed by atoms with van der Waals surface area (Å²) in [4.78, 5) is 13.4. The van der Waals surface area contributed by atoms with Crippen LogP contribution in [0.1, 0.15) is 16.8 Å². The number of amides is 1. The second-order valence-electron chi connectivity index (χ2n) is 3.17. The standard InChI is InChI=1S/C9H14BrN3O/c1-12(5-3-4-10)9(14)8-6-11-13(2)7-8/h6-7H,3-5H2,1-2H3. The molecule has 0 saturated heterocycles. The molecule has 0 aromatic carbocycles. The van der Waals surface area contributed by atoms with Crippen LogP contribution in [0.15, 0.2) is 12.4 Å². The molecular formula is C9H14BrN3O. The van der Waals surface area contributed by atoms with Gasteiger partial charge in [-0.1, -0.05) is 15.9 Å². The van der Waals surface area contributed by atoms with Gasteiger partial charge in [0.05, 0.1) is 11.8 Å². The Morgan fingerprint density at radius 2 is 2.43 bits per heavy atom. The number of carbonyl (C=O) groups excluding carboxylic acids is 1. The average Bonchev–Trinajstić information content (AvgIpc) is 2.60. The van der Waals surface area contributed by atoms with Crippen LogP contribution in [0.3, 0.4) is 0 Å². The fraction of sp³-hybridized carbons (Fsp3) is 0.556. The highest BCUT2D eigenvalue weighted by Gasteiger charge is 2.12. The van der Waals surface area contributed by atoms with E-state index in [-0.39, 0.29) is 5.91 Å². The predicted molar refractivity (Wildman–Crippen MR) is 58.6 cm³/mol. The van der Waals surface area contributed by atoms with Crippen molar-refractivity contribution in [1.29, 1.82) is 0 Å². The van der Waals surface area contributed by atoms with E-state index in [0.29, 0.717) is 5.56 Å². The van der Waals surface area contributed by atoms with Crippen molar-refractivity contribution in [2.45, 2.75) is 6.42 Å². The molecule has 0 fully saturated rings. The molecule has 0 aliphatic rings. The molecule has 0 saturated carbocycles. The van der Waals surface area contributed by atoms with Crippen LogP contribution in [-0.4, -0.2) is 39.5 Å². The summed E-state index contributed by atoms with van der Waals surface area (Å²) >= 11 is 3.33. The zero-order chi connectivity index (χ0) is 10.6. The van der Waals surface area contributed by atoms with Gasteiger partial charge in [-0.15, -0.1) is 0 Å². The van der Waals surface area contributed by atoms with Gasteiger partial charge in [0.15, 0.2) is 0 Å². The molecule has 0 atom stereocenters. The van der Waals surface area contributed by atoms with E-state index in [1.54, 1.807) is 36.1 Å². The van der Waals surface area contributed by atoms with Gasteiger partial charge in [0.2, 0.25) is 0 Å². The monoisotopic (exact) mass is 259 g/mol. The fourth-order valence-corrected chi connectivity index (χ4v) is 1.40. The number of rotatable bonds is 4. The second kappa shape index (κ2) is 5.14. The van der Waals surface area contributed by atoms with Crippen LogP contribution in [0, 0.1) is 0 Å². The quantitative estimate of drug-likeness (QED) is 0.765. The number of nitrogens with zero attached hydrogens (tertiary/aromatic N) is 3. The minimum absolute atomic E-state index is 0.0269. The molecule has 4 nitrogen and oxygen atoms in total. The number of halogens is 1. The van der Waals surface area contributed by atoms with E-state index < -0.39 is 0 Å². The molecule has 0 N–H and O–H groups in total. The van der Waals surface area contributed by atoms with Gasteiger partial charge in [0.1, 0.15) is 0 Å². The van der Waals surface area contributed by atoms with E-state index in [4.69, 9.17) is 0 Å². The summed E-state index contributed by atoms with van der Waals surface area (Å²) in [6, 6.07) is 0. The summed E-state index contributed by atoms with van der Waals surface area (Å²) in [7, 11) is 3.60. The molecule has 0 bridgehead atoms. The lowest BCUT2D eigenvalue weighted by atomic mass is 10.3. The minimum Gasteiger partial charge on any atom is -0.342 e. The molecule has 1 rings (SSSR count). The largest absolute Gasteiger partial charge is 0.342 e. The number of hydrogen-bond acceptors (Lipinski definition) is 2. The molecule has 0 aliphatic heterocycles. The number of carbonyl (C=O) groups is 1. The molecule has 0 radical (unpaired) electrons. The van der Waals surface area contributed by atoms with E-state index in [2.05, 4.69) is 21.0 Å². The van der Waals surface area contributed by atoms with Gasteiger partial charge in [0.25, 0.3) is 5.91 Å². The SMILES string of the molecule is CN(CCCBr)C(=O)c1cnn(C)c1. The van der Waals surface area contributed by atoms with Crippen molar-refractivity contribution < 1.29 is 4.79 Å². The Balaban J connectivity index is 2.56. The van der Waals surface area contributed by atoms with E-state index in [9.17, 15) is 4.79 Å². The van der Waals surface area contributed by atoms with E-state index >= 15 is 0 Å². The zero-order valence-electron chi connectivity index (χ0n) is 8.40. The molecule has 1 heterocycles. The number of aryl methyl sites for hydroxylation is 1. The van der Waals surface area contributed by atoms with E-state index in [1.807, 2.05) is 0 Å². The van der Waals surface area contributed by atoms with Crippen molar-refractivity contribution in [1.82, 2.24) is 14.7 Å². The van der Waals surface area contributed by atoms with Crippen LogP contribution >= 0.6 is 15.9 Å². The highest BCUT2D eigenvalue weighted by atomic mass is 79.9. The smallest absolute Gasteiger partial charge is 0.256 e. The van der Waals surface area contributed by atoms with E-state index in [1.165, 1.54) is 0 Å². The molecule has 1 aromatic heterocycles. The molecule has 78 valence electrons. The first-order valence-electron chi connectivity index (χ1n) is 4.45. The van der Waals surface area contributed by atoms with Gasteiger partial charge in [-0.05, 0) is 6.42 Å². The first-order chi connectivity index (χ1) is 6.65. The summed E-state index contributed by atoms with van der Waals surface area (Å²) < 4.78 is 1.63. The maximum absolute atomic E-state index is 11.7. The van der Waals surface area contributed by atoms with Gasteiger partial charge in [-0.25, -0.2) is 0 Å². The van der Waals surface area contributed by atoms with Gasteiger partial charge in [0, 0.05) is 32.2 Å². The lowest BCUT2D eigenvalue weighted by molar-refractivity contribution is 0.0795. The molecule has 5 heteroatoms. The highest BCUT2D eigenvalue weighted by Crippen LogP contribution is 2.02. The summed E-state index contributed by atoms with van der Waals surface area (Å²) in [6.45, 7) is 0.763. The third-order valence-corrected chi connectivity index (χ3v) is 2.49. The van der Waals surface area contributed by atoms with Crippen LogP contribution in [0.5, 0.6) is 0 Å². The third-order valence-electron chi connectivity index (χ3n) is 1.93. The normalized spacial score (nSPS) is 10.2. The minimum atomic E-state index is 0.0269. The Kier molecular flexibility index (Phi) is 4.13. The summed E-state index contributed by atoms with van der Waals surface area (Å²) in [5.74, 6) is 0.0269. The molecule has 1 aromatic rings. The van der Waals surface area contributed by atoms with Crippen molar-refractivity contribution in [3.05, 3.63) is 18.0 Å². The second-order valence-corrected chi connectivity index (χ2v) is 3.96. The van der Waals surface area contributed by atoms with Gasteiger partial charge < -0.3 is 4.90 Å². The summed E-state index contributed by atoms with van der Waals surface area (Å²) in [5, 5.41) is 4.87. The van der Waals surface area contributed by atoms with Crippen LogP contribution in [-0.2, 0) is 7.05 Å². The molecule has 1 amide bonds. The lowest BCUT2D eigenvalue weighted by Crippen LogP contribution is -2.27. The molecule has 0 unspecified atom stereocenters. The topological polar surface area (TPSA) is 38.1 Å². The fourth-order valence-electron chi connectivity index (χ4n) is 1.15. The predicted octanol–water partition coefficient (Wildman–Crippen LogP) is 1.28. The number of hydrogen-bond donors (Lipinski definition) is 0. The lowest BCUT2D eigenvalue weighted by Gasteiger charge is -2.14. The maximum Gasteiger partial charge on any atom is 0.256 e. The van der Waals surface area contributed by atoms with Crippen LogP contribution < -0.4 is 0 Å². The number of aromatic nitrogens is 2. The van der Waals surface area contributed by atoms with Crippen molar-refractivity contribution >= 4 is 21.8 Å². The van der Waals surface area contributed by atoms with Crippen molar-refractivity contribution in [2.75, 3.05) is 18.9 Å². The van der Waals surface area contributed by atoms with Crippen LogP contribution in [0.25, 0.3) is 0 Å². The first-order valence-corrected chi connectivity index (χ1v) is 5.57. The highest BCUT2D eigenvalue weighted by molar-refractivity contribution is 9.09. The molecule has 14 heavy (non-hydrogen) atoms. The van der Waals surface area contributed by atoms with Gasteiger partial charge in [-0.3, -0.25) is 9.48 Å². The van der Waals surface area contributed by atoms with Crippen molar-refractivity contribution in [2.24, 2.45) is 7.05 Å². The van der Waals surface area contributed by atoms with Crippen LogP contribution in [0.4, 0.5) is 0 Å². The molecule has 0 spiro atoms. The Hall–Kier alpha value is -0.840. The van der Waals surface area contributed by atoms with Crippen LogP contribution in [0.2, 0.25) is 0 Å². The number of alkyl halides is 1. The Morgan fingerprint density at radius 3 is 2.93 bits per heavy atom. The molecule has 0 aliphatic carbocycles. The van der Waals surface area contributed by atoms with E-state index in [0.717, 1.165) is 18.3 Å². The van der Waals surface area contributed by atoms with Crippen molar-refractivity contribution in [3.63, 3.8) is 0 Å². The average molecular weight is 260 g/mol. The van der Waals surface area contributed by atoms with Crippen molar-refractivity contribution in [3.8, 4) is 0 Å². The maximum atomic E-state index is 11.7. The van der Waals surface area contributed by atoms with Gasteiger partial charge in [-0.2, -0.15) is 5.10 Å². The Bertz CT molecular complexity index is 311. The summed E-state index contributed by atoms with van der Waals surface area (Å²) in [6.07, 6.45) is 4.28. The third kappa shape index (κ3) is 2.83. The molecular weight excluding hydrogens is 246 g/mol. The van der Waals surface area contributed by atoms with Gasteiger partial charge >= 0.3 is 0 Å².